The van der Waals surface area contributed by atoms with Crippen LogP contribution in [0.25, 0.3) is 0 Å². The predicted molar refractivity (Wildman–Crippen MR) is 86.7 cm³/mol. The lowest BCUT2D eigenvalue weighted by atomic mass is 10.2. The summed E-state index contributed by atoms with van der Waals surface area (Å²) in [6, 6.07) is 0.346. The van der Waals surface area contributed by atoms with Gasteiger partial charge in [0, 0.05) is 18.5 Å². The summed E-state index contributed by atoms with van der Waals surface area (Å²) in [5.74, 6) is 0.316. The maximum atomic E-state index is 12.2. The van der Waals surface area contributed by atoms with E-state index in [4.69, 9.17) is 0 Å². The Balaban J connectivity index is 2.55. The van der Waals surface area contributed by atoms with Crippen LogP contribution in [0.5, 0.6) is 0 Å². The Bertz CT molecular complexity index is 480. The molecule has 8 heteroatoms. The van der Waals surface area contributed by atoms with Crippen molar-refractivity contribution in [2.75, 3.05) is 11.1 Å². The number of hydrogen-bond acceptors (Lipinski definition) is 6. The minimum absolute atomic E-state index is 0.0827. The summed E-state index contributed by atoms with van der Waals surface area (Å²) in [6.07, 6.45) is 0.401. The van der Waals surface area contributed by atoms with Gasteiger partial charge in [0.05, 0.1) is 5.75 Å². The summed E-state index contributed by atoms with van der Waals surface area (Å²) in [5, 5.41) is 11.0. The van der Waals surface area contributed by atoms with Crippen molar-refractivity contribution in [1.82, 2.24) is 15.1 Å². The van der Waals surface area contributed by atoms with E-state index < -0.39 is 0 Å². The van der Waals surface area contributed by atoms with Crippen LogP contribution in [0.15, 0.2) is 4.34 Å². The van der Waals surface area contributed by atoms with Gasteiger partial charge >= 0.3 is 0 Å². The lowest BCUT2D eigenvalue weighted by Crippen LogP contribution is -2.43. The predicted octanol–water partition coefficient (Wildman–Crippen LogP) is 2.62. The molecular weight excluding hydrogens is 308 g/mol. The lowest BCUT2D eigenvalue weighted by Gasteiger charge is -2.30. The molecule has 1 aromatic rings. The van der Waals surface area contributed by atoms with Crippen molar-refractivity contribution in [1.29, 1.82) is 0 Å². The van der Waals surface area contributed by atoms with Gasteiger partial charge < -0.3 is 10.2 Å². The van der Waals surface area contributed by atoms with Gasteiger partial charge in [0.1, 0.15) is 0 Å². The topological polar surface area (TPSA) is 75.2 Å². The molecule has 6 nitrogen and oxygen atoms in total. The van der Waals surface area contributed by atoms with Gasteiger partial charge in [-0.3, -0.25) is 9.59 Å². The first-order chi connectivity index (χ1) is 9.85. The Labute approximate surface area is 133 Å². The molecule has 1 aromatic heterocycles. The van der Waals surface area contributed by atoms with Gasteiger partial charge in [-0.2, -0.15) is 0 Å². The Morgan fingerprint density at radius 2 is 1.86 bits per heavy atom. The van der Waals surface area contributed by atoms with Crippen LogP contribution in [-0.2, 0) is 9.59 Å². The zero-order valence-corrected chi connectivity index (χ0v) is 14.7. The van der Waals surface area contributed by atoms with Crippen molar-refractivity contribution >= 4 is 40.0 Å². The molecule has 0 bridgehead atoms. The Hall–Kier alpha value is -1.15. The maximum Gasteiger partial charge on any atom is 0.233 e. The minimum Gasteiger partial charge on any atom is -0.337 e. The molecule has 0 spiro atoms. The van der Waals surface area contributed by atoms with E-state index in [-0.39, 0.29) is 23.9 Å². The molecule has 118 valence electrons. The fourth-order valence-corrected chi connectivity index (χ4v) is 3.53. The molecule has 0 aliphatic rings. The first-order valence-electron chi connectivity index (χ1n) is 6.92. The van der Waals surface area contributed by atoms with E-state index in [0.29, 0.717) is 21.6 Å². The summed E-state index contributed by atoms with van der Waals surface area (Å²) in [6.45, 7) is 9.80. The standard InChI is InChI=1S/C13H22N4O2S2/c1-6-10(18)14-12-15-16-13(21-12)20-7-11(19)17(8(2)3)9(4)5/h8-9H,6-7H2,1-5H3,(H,14,15,18). The molecule has 1 N–H and O–H groups in total. The molecule has 0 aromatic carbocycles. The van der Waals surface area contributed by atoms with Gasteiger partial charge in [0.2, 0.25) is 16.9 Å². The quantitative estimate of drug-likeness (QED) is 0.614. The van der Waals surface area contributed by atoms with Gasteiger partial charge in [-0.15, -0.1) is 10.2 Å². The van der Waals surface area contributed by atoms with E-state index in [0.717, 1.165) is 0 Å². The van der Waals surface area contributed by atoms with Crippen LogP contribution < -0.4 is 5.32 Å². The summed E-state index contributed by atoms with van der Waals surface area (Å²) in [7, 11) is 0. The van der Waals surface area contributed by atoms with Crippen LogP contribution >= 0.6 is 23.1 Å². The third-order valence-electron chi connectivity index (χ3n) is 2.69. The molecule has 0 aliphatic carbocycles. The van der Waals surface area contributed by atoms with Crippen LogP contribution in [0.4, 0.5) is 5.13 Å². The van der Waals surface area contributed by atoms with Crippen molar-refractivity contribution < 1.29 is 9.59 Å². The third kappa shape index (κ3) is 5.62. The van der Waals surface area contributed by atoms with Crippen molar-refractivity contribution in [3.63, 3.8) is 0 Å². The first-order valence-corrected chi connectivity index (χ1v) is 8.72. The van der Waals surface area contributed by atoms with Crippen molar-refractivity contribution in [3.05, 3.63) is 0 Å². The minimum atomic E-state index is -0.0930. The molecule has 1 rings (SSSR count). The second kappa shape index (κ2) is 8.33. The van der Waals surface area contributed by atoms with Gasteiger partial charge in [-0.25, -0.2) is 0 Å². The van der Waals surface area contributed by atoms with E-state index in [9.17, 15) is 9.59 Å². The molecule has 0 atom stereocenters. The third-order valence-corrected chi connectivity index (χ3v) is 4.65. The number of carbonyl (C=O) groups excluding carboxylic acids is 2. The molecule has 0 unspecified atom stereocenters. The number of carbonyl (C=O) groups is 2. The molecule has 0 aliphatic heterocycles. The second-order valence-corrected chi connectivity index (χ2v) is 7.25. The van der Waals surface area contributed by atoms with E-state index in [1.54, 1.807) is 6.92 Å². The molecule has 0 radical (unpaired) electrons. The van der Waals surface area contributed by atoms with Crippen LogP contribution in [-0.4, -0.2) is 44.7 Å². The molecule has 21 heavy (non-hydrogen) atoms. The van der Waals surface area contributed by atoms with E-state index in [2.05, 4.69) is 15.5 Å². The van der Waals surface area contributed by atoms with Gasteiger partial charge in [-0.05, 0) is 27.7 Å². The van der Waals surface area contributed by atoms with Crippen molar-refractivity contribution in [3.8, 4) is 0 Å². The van der Waals surface area contributed by atoms with Crippen LogP contribution in [0.3, 0.4) is 0 Å². The largest absolute Gasteiger partial charge is 0.337 e. The molecule has 1 heterocycles. The average Bonchev–Trinajstić information content (AvgIpc) is 2.83. The highest BCUT2D eigenvalue weighted by atomic mass is 32.2. The zero-order valence-electron chi connectivity index (χ0n) is 13.0. The SMILES string of the molecule is CCC(=O)Nc1nnc(SCC(=O)N(C(C)C)C(C)C)s1. The van der Waals surface area contributed by atoms with Crippen LogP contribution in [0.2, 0.25) is 0 Å². The smallest absolute Gasteiger partial charge is 0.233 e. The summed E-state index contributed by atoms with van der Waals surface area (Å²) < 4.78 is 0.683. The zero-order chi connectivity index (χ0) is 16.0. The highest BCUT2D eigenvalue weighted by Gasteiger charge is 2.20. The average molecular weight is 330 g/mol. The maximum absolute atomic E-state index is 12.2. The van der Waals surface area contributed by atoms with Crippen molar-refractivity contribution in [2.45, 2.75) is 57.5 Å². The normalized spacial score (nSPS) is 11.0. The number of amides is 2. The molecule has 2 amide bonds. The monoisotopic (exact) mass is 330 g/mol. The molecule has 0 saturated heterocycles. The number of aromatic nitrogens is 2. The van der Waals surface area contributed by atoms with Crippen LogP contribution in [0, 0.1) is 0 Å². The number of rotatable bonds is 7. The Morgan fingerprint density at radius 3 is 2.38 bits per heavy atom. The van der Waals surface area contributed by atoms with Gasteiger partial charge in [0.15, 0.2) is 4.34 Å². The highest BCUT2D eigenvalue weighted by molar-refractivity contribution is 8.01. The number of anilines is 1. The number of nitrogens with zero attached hydrogens (tertiary/aromatic N) is 3. The Kier molecular flexibility index (Phi) is 7.10. The fourth-order valence-electron chi connectivity index (χ4n) is 1.90. The Morgan fingerprint density at radius 1 is 1.24 bits per heavy atom. The fraction of sp³-hybridized carbons (Fsp3) is 0.692. The van der Waals surface area contributed by atoms with E-state index >= 15 is 0 Å². The van der Waals surface area contributed by atoms with Crippen LogP contribution in [0.1, 0.15) is 41.0 Å². The number of hydrogen-bond donors (Lipinski definition) is 1. The number of nitrogens with one attached hydrogen (secondary N) is 1. The van der Waals surface area contributed by atoms with E-state index in [1.807, 2.05) is 32.6 Å². The first kappa shape index (κ1) is 17.9. The second-order valence-electron chi connectivity index (χ2n) is 5.05. The molecule has 0 saturated carbocycles. The summed E-state index contributed by atoms with van der Waals surface area (Å²) in [4.78, 5) is 25.3. The molecule has 0 fully saturated rings. The van der Waals surface area contributed by atoms with Gasteiger partial charge in [0.25, 0.3) is 0 Å². The highest BCUT2D eigenvalue weighted by Crippen LogP contribution is 2.26. The molecular formula is C13H22N4O2S2. The summed E-state index contributed by atoms with van der Waals surface area (Å²) in [5.41, 5.74) is 0. The van der Waals surface area contributed by atoms with Crippen molar-refractivity contribution in [2.24, 2.45) is 0 Å². The van der Waals surface area contributed by atoms with E-state index in [1.165, 1.54) is 23.1 Å². The summed E-state index contributed by atoms with van der Waals surface area (Å²) >= 11 is 2.63. The lowest BCUT2D eigenvalue weighted by molar-refractivity contribution is -0.131. The number of thioether (sulfide) groups is 1. The van der Waals surface area contributed by atoms with Gasteiger partial charge in [-0.1, -0.05) is 30.0 Å².